The van der Waals surface area contributed by atoms with Crippen LogP contribution < -0.4 is 5.32 Å². The molecule has 1 saturated heterocycles. The summed E-state index contributed by atoms with van der Waals surface area (Å²) in [5, 5.41) is 22.6. The Balaban J connectivity index is 2.22. The highest BCUT2D eigenvalue weighted by atomic mass is 79.9. The van der Waals surface area contributed by atoms with Crippen molar-refractivity contribution in [2.24, 2.45) is 0 Å². The van der Waals surface area contributed by atoms with Crippen molar-refractivity contribution in [2.75, 3.05) is 6.54 Å². The van der Waals surface area contributed by atoms with Crippen molar-refractivity contribution in [1.82, 2.24) is 10.2 Å². The number of urea groups is 1. The molecule has 1 aromatic rings. The van der Waals surface area contributed by atoms with Crippen molar-refractivity contribution in [3.05, 3.63) is 22.2 Å². The summed E-state index contributed by atoms with van der Waals surface area (Å²) in [4.78, 5) is 14.1. The van der Waals surface area contributed by atoms with Crippen LogP contribution in [0.4, 0.5) is 4.79 Å². The number of halogens is 1. The van der Waals surface area contributed by atoms with Gasteiger partial charge in [-0.3, -0.25) is 0 Å². The number of phenols is 2. The van der Waals surface area contributed by atoms with E-state index >= 15 is 0 Å². The second-order valence-corrected chi connectivity index (χ2v) is 6.33. The van der Waals surface area contributed by atoms with Crippen LogP contribution in [0.5, 0.6) is 11.5 Å². The fourth-order valence-electron chi connectivity index (χ4n) is 2.56. The summed E-state index contributed by atoms with van der Waals surface area (Å²) in [6.07, 6.45) is 2.58. The van der Waals surface area contributed by atoms with Crippen LogP contribution in [0, 0.1) is 0 Å². The molecule has 2 rings (SSSR count). The molecule has 2 amide bonds. The maximum atomic E-state index is 12.3. The zero-order chi connectivity index (χ0) is 15.6. The number of benzene rings is 1. The molecule has 0 spiro atoms. The van der Waals surface area contributed by atoms with Gasteiger partial charge in [0.25, 0.3) is 0 Å². The third-order valence-electron chi connectivity index (χ3n) is 3.95. The van der Waals surface area contributed by atoms with Gasteiger partial charge in [-0.05, 0) is 48.2 Å². The standard InChI is InChI=1S/C15H21BrN2O3/c1-3-9(2)17-15(21)18-6-4-5-12(18)10-7-11(16)14(20)8-13(10)19/h7-9,12,19-20H,3-6H2,1-2H3,(H,17,21). The Labute approximate surface area is 133 Å². The van der Waals surface area contributed by atoms with E-state index in [-0.39, 0.29) is 29.6 Å². The topological polar surface area (TPSA) is 72.8 Å². The summed E-state index contributed by atoms with van der Waals surface area (Å²) >= 11 is 3.26. The number of nitrogens with one attached hydrogen (secondary N) is 1. The molecule has 2 atom stereocenters. The Kier molecular flexibility index (Phi) is 4.98. The average Bonchev–Trinajstić information content (AvgIpc) is 2.91. The molecule has 0 aromatic heterocycles. The third-order valence-corrected chi connectivity index (χ3v) is 4.59. The van der Waals surface area contributed by atoms with Crippen LogP contribution in [0.3, 0.4) is 0 Å². The van der Waals surface area contributed by atoms with Gasteiger partial charge in [-0.25, -0.2) is 4.79 Å². The van der Waals surface area contributed by atoms with Gasteiger partial charge in [0.15, 0.2) is 0 Å². The molecule has 0 saturated carbocycles. The number of carbonyl (C=O) groups is 1. The predicted molar refractivity (Wildman–Crippen MR) is 84.4 cm³/mol. The van der Waals surface area contributed by atoms with Crippen molar-refractivity contribution < 1.29 is 15.0 Å². The van der Waals surface area contributed by atoms with E-state index in [1.165, 1.54) is 6.07 Å². The van der Waals surface area contributed by atoms with Gasteiger partial charge in [0.2, 0.25) is 0 Å². The maximum absolute atomic E-state index is 12.3. The highest BCUT2D eigenvalue weighted by Crippen LogP contribution is 2.40. The quantitative estimate of drug-likeness (QED) is 0.775. The summed E-state index contributed by atoms with van der Waals surface area (Å²) in [5.74, 6) is 0.00814. The lowest BCUT2D eigenvalue weighted by Gasteiger charge is -2.27. The number of aromatic hydroxyl groups is 2. The minimum absolute atomic E-state index is 0.00939. The lowest BCUT2D eigenvalue weighted by atomic mass is 10.0. The Morgan fingerprint density at radius 2 is 2.19 bits per heavy atom. The largest absolute Gasteiger partial charge is 0.507 e. The predicted octanol–water partition coefficient (Wildman–Crippen LogP) is 3.51. The fraction of sp³-hybridized carbons (Fsp3) is 0.533. The normalized spacial score (nSPS) is 19.6. The van der Waals surface area contributed by atoms with Crippen LogP contribution in [0.15, 0.2) is 16.6 Å². The van der Waals surface area contributed by atoms with Crippen LogP contribution in [-0.4, -0.2) is 33.7 Å². The minimum Gasteiger partial charge on any atom is -0.507 e. The Bertz CT molecular complexity index is 536. The van der Waals surface area contributed by atoms with Gasteiger partial charge in [0.1, 0.15) is 11.5 Å². The Hall–Kier alpha value is -1.43. The van der Waals surface area contributed by atoms with E-state index in [2.05, 4.69) is 21.2 Å². The maximum Gasteiger partial charge on any atom is 0.318 e. The molecule has 1 aliphatic rings. The van der Waals surface area contributed by atoms with Gasteiger partial charge < -0.3 is 20.4 Å². The molecule has 0 bridgehead atoms. The summed E-state index contributed by atoms with van der Waals surface area (Å²) in [6, 6.07) is 2.85. The molecule has 2 unspecified atom stereocenters. The van der Waals surface area contributed by atoms with Gasteiger partial charge in [-0.15, -0.1) is 0 Å². The number of hydrogen-bond donors (Lipinski definition) is 3. The lowest BCUT2D eigenvalue weighted by Crippen LogP contribution is -2.43. The van der Waals surface area contributed by atoms with Gasteiger partial charge in [0.05, 0.1) is 10.5 Å². The van der Waals surface area contributed by atoms with E-state index in [9.17, 15) is 15.0 Å². The lowest BCUT2D eigenvalue weighted by molar-refractivity contribution is 0.188. The summed E-state index contributed by atoms with van der Waals surface area (Å²) in [5.41, 5.74) is 0.663. The number of amides is 2. The molecule has 1 fully saturated rings. The zero-order valence-electron chi connectivity index (χ0n) is 12.3. The van der Waals surface area contributed by atoms with Crippen LogP contribution in [0.2, 0.25) is 0 Å². The van der Waals surface area contributed by atoms with Crippen LogP contribution in [0.1, 0.15) is 44.7 Å². The van der Waals surface area contributed by atoms with Crippen LogP contribution in [-0.2, 0) is 0 Å². The van der Waals surface area contributed by atoms with E-state index < -0.39 is 0 Å². The van der Waals surface area contributed by atoms with Gasteiger partial charge in [-0.2, -0.15) is 0 Å². The molecule has 116 valence electrons. The van der Waals surface area contributed by atoms with Crippen LogP contribution in [0.25, 0.3) is 0 Å². The number of carbonyl (C=O) groups excluding carboxylic acids is 1. The van der Waals surface area contributed by atoms with Gasteiger partial charge in [0, 0.05) is 24.2 Å². The third kappa shape index (κ3) is 3.43. The average molecular weight is 357 g/mol. The molecular weight excluding hydrogens is 336 g/mol. The van der Waals surface area contributed by atoms with Gasteiger partial charge in [-0.1, -0.05) is 6.92 Å². The minimum atomic E-state index is -0.161. The Morgan fingerprint density at radius 1 is 1.48 bits per heavy atom. The smallest absolute Gasteiger partial charge is 0.318 e. The molecule has 21 heavy (non-hydrogen) atoms. The van der Waals surface area contributed by atoms with Crippen molar-refractivity contribution >= 4 is 22.0 Å². The fourth-order valence-corrected chi connectivity index (χ4v) is 2.92. The molecule has 6 heteroatoms. The molecule has 5 nitrogen and oxygen atoms in total. The van der Waals surface area contributed by atoms with Crippen molar-refractivity contribution in [3.63, 3.8) is 0 Å². The second kappa shape index (κ2) is 6.56. The van der Waals surface area contributed by atoms with E-state index in [4.69, 9.17) is 0 Å². The van der Waals surface area contributed by atoms with Crippen molar-refractivity contribution in [2.45, 2.75) is 45.2 Å². The molecule has 3 N–H and O–H groups in total. The molecule has 1 aliphatic heterocycles. The first-order valence-electron chi connectivity index (χ1n) is 7.22. The zero-order valence-corrected chi connectivity index (χ0v) is 13.9. The number of likely N-dealkylation sites (tertiary alicyclic amines) is 1. The molecule has 1 heterocycles. The monoisotopic (exact) mass is 356 g/mol. The summed E-state index contributed by atoms with van der Waals surface area (Å²) in [6.45, 7) is 4.66. The van der Waals surface area contributed by atoms with E-state index in [1.807, 2.05) is 13.8 Å². The number of phenolic OH excluding ortho intramolecular Hbond substituents is 2. The SMILES string of the molecule is CCC(C)NC(=O)N1CCCC1c1cc(Br)c(O)cc1O. The van der Waals surface area contributed by atoms with Crippen LogP contribution >= 0.6 is 15.9 Å². The first kappa shape index (κ1) is 15.9. The van der Waals surface area contributed by atoms with Crippen molar-refractivity contribution in [3.8, 4) is 11.5 Å². The molecule has 0 radical (unpaired) electrons. The van der Waals surface area contributed by atoms with Gasteiger partial charge >= 0.3 is 6.03 Å². The number of hydrogen-bond acceptors (Lipinski definition) is 3. The first-order valence-corrected chi connectivity index (χ1v) is 8.01. The van der Waals surface area contributed by atoms with E-state index in [0.29, 0.717) is 16.6 Å². The number of nitrogens with zero attached hydrogens (tertiary/aromatic N) is 1. The summed E-state index contributed by atoms with van der Waals surface area (Å²) < 4.78 is 0.518. The molecule has 1 aromatic carbocycles. The van der Waals surface area contributed by atoms with E-state index in [1.54, 1.807) is 11.0 Å². The number of rotatable bonds is 3. The second-order valence-electron chi connectivity index (χ2n) is 5.47. The highest BCUT2D eigenvalue weighted by molar-refractivity contribution is 9.10. The first-order chi connectivity index (χ1) is 9.93. The van der Waals surface area contributed by atoms with Crippen molar-refractivity contribution in [1.29, 1.82) is 0 Å². The molecular formula is C15H21BrN2O3. The molecule has 0 aliphatic carbocycles. The summed E-state index contributed by atoms with van der Waals surface area (Å²) in [7, 11) is 0. The van der Waals surface area contributed by atoms with E-state index in [0.717, 1.165) is 19.3 Å². The highest BCUT2D eigenvalue weighted by Gasteiger charge is 2.32. The Morgan fingerprint density at radius 3 is 2.86 bits per heavy atom.